The largest absolute Gasteiger partial charge is 0.444 e. The highest BCUT2D eigenvalue weighted by molar-refractivity contribution is 5.89. The van der Waals surface area contributed by atoms with Crippen molar-refractivity contribution in [3.05, 3.63) is 52.6 Å². The number of alkyl carbamates (subject to hydrolysis) is 2. The van der Waals surface area contributed by atoms with Crippen LogP contribution in [-0.4, -0.2) is 110 Å². The molecule has 2 heterocycles. The Balaban J connectivity index is 1.24. The number of rotatable bonds is 9. The molecule has 15 heteroatoms. The first-order valence-electron chi connectivity index (χ1n) is 18.2. The molecule has 1 saturated heterocycles. The number of amides is 5. The maximum Gasteiger partial charge on any atom is 0.408 e. The van der Waals surface area contributed by atoms with Gasteiger partial charge in [0.1, 0.15) is 23.1 Å². The van der Waals surface area contributed by atoms with Crippen LogP contribution in [0.25, 0.3) is 5.69 Å². The summed E-state index contributed by atoms with van der Waals surface area (Å²) >= 11 is 0. The van der Waals surface area contributed by atoms with E-state index in [2.05, 4.69) is 32.8 Å². The maximum absolute atomic E-state index is 13.0. The molecule has 3 N–H and O–H groups in total. The Morgan fingerprint density at radius 1 is 0.865 bits per heavy atom. The third-order valence-electron chi connectivity index (χ3n) is 8.96. The topological polar surface area (TPSA) is 167 Å². The lowest BCUT2D eigenvalue weighted by atomic mass is 9.90. The van der Waals surface area contributed by atoms with Gasteiger partial charge in [-0.3, -0.25) is 19.6 Å². The Morgan fingerprint density at radius 3 is 2.00 bits per heavy atom. The van der Waals surface area contributed by atoms with Gasteiger partial charge in [-0.2, -0.15) is 4.98 Å². The number of urea groups is 1. The van der Waals surface area contributed by atoms with Crippen LogP contribution in [0.3, 0.4) is 0 Å². The second kappa shape index (κ2) is 17.2. The predicted molar refractivity (Wildman–Crippen MR) is 197 cm³/mol. The highest BCUT2D eigenvalue weighted by atomic mass is 16.6. The molecule has 52 heavy (non-hydrogen) atoms. The summed E-state index contributed by atoms with van der Waals surface area (Å²) in [6, 6.07) is 8.70. The summed E-state index contributed by atoms with van der Waals surface area (Å²) in [7, 11) is 0. The number of ether oxygens (including phenoxy) is 2. The molecule has 0 spiro atoms. The van der Waals surface area contributed by atoms with Gasteiger partial charge in [0.25, 0.3) is 0 Å². The molecule has 0 bridgehead atoms. The molecular formula is C37H56N8O7. The minimum Gasteiger partial charge on any atom is -0.444 e. The van der Waals surface area contributed by atoms with Crippen LogP contribution in [0.2, 0.25) is 0 Å². The zero-order chi connectivity index (χ0) is 38.2. The standard InChI is InChI=1S/C37H56N8O7/c1-9-42(28-16-12-27(13-17-28)39-35(50)52-37(6,7)8)24-26-10-14-29(15-11-26)45-19-18-30(41-33(45)48)40-32(47)44-22-20-43(21-23-44)31(46)25(2)38-34(49)51-36(3,4)5/h10-11,14-15,18-19,25,27-28H,9,12-13,16-17,20-24H2,1-8H3,(H,38,49)(H,39,50)(H,40,41,47,48)/t25-,27-,28-/m0/s1. The van der Waals surface area contributed by atoms with Crippen molar-refractivity contribution in [2.75, 3.05) is 38.0 Å². The minimum atomic E-state index is -0.777. The van der Waals surface area contributed by atoms with E-state index in [1.807, 2.05) is 45.0 Å². The number of carbonyl (C=O) groups excluding carboxylic acids is 4. The lowest BCUT2D eigenvalue weighted by Gasteiger charge is -2.36. The van der Waals surface area contributed by atoms with Crippen molar-refractivity contribution < 1.29 is 28.7 Å². The minimum absolute atomic E-state index is 0.120. The lowest BCUT2D eigenvalue weighted by molar-refractivity contribution is -0.134. The van der Waals surface area contributed by atoms with Crippen molar-refractivity contribution in [2.24, 2.45) is 0 Å². The summed E-state index contributed by atoms with van der Waals surface area (Å²) in [5, 5.41) is 8.26. The van der Waals surface area contributed by atoms with Crippen molar-refractivity contribution in [3.8, 4) is 5.69 Å². The van der Waals surface area contributed by atoms with Gasteiger partial charge in [-0.05, 0) is 104 Å². The van der Waals surface area contributed by atoms with E-state index in [-0.39, 0.29) is 36.9 Å². The van der Waals surface area contributed by atoms with E-state index < -0.39 is 35.1 Å². The van der Waals surface area contributed by atoms with Crippen LogP contribution < -0.4 is 21.6 Å². The van der Waals surface area contributed by atoms with Gasteiger partial charge in [-0.1, -0.05) is 19.1 Å². The average molecular weight is 725 g/mol. The summed E-state index contributed by atoms with van der Waals surface area (Å²) < 4.78 is 12.1. The Labute approximate surface area is 306 Å². The van der Waals surface area contributed by atoms with E-state index in [0.717, 1.165) is 44.3 Å². The van der Waals surface area contributed by atoms with E-state index in [4.69, 9.17) is 9.47 Å². The van der Waals surface area contributed by atoms with Gasteiger partial charge in [0.05, 0.1) is 5.69 Å². The molecule has 286 valence electrons. The molecule has 4 rings (SSSR count). The maximum atomic E-state index is 13.0. The summed E-state index contributed by atoms with van der Waals surface area (Å²) in [5.74, 6) is -0.133. The number of benzene rings is 1. The molecular weight excluding hydrogens is 668 g/mol. The second-order valence-electron chi connectivity index (χ2n) is 15.5. The normalized spacial score (nSPS) is 18.7. The molecule has 1 aliphatic heterocycles. The summed E-state index contributed by atoms with van der Waals surface area (Å²) in [6.07, 6.45) is 4.33. The van der Waals surface area contributed by atoms with Gasteiger partial charge < -0.3 is 29.9 Å². The summed E-state index contributed by atoms with van der Waals surface area (Å²) in [4.78, 5) is 72.7. The number of aromatic nitrogens is 2. The first-order valence-corrected chi connectivity index (χ1v) is 18.2. The zero-order valence-corrected chi connectivity index (χ0v) is 31.9. The average Bonchev–Trinajstić information content (AvgIpc) is 3.06. The number of nitrogens with one attached hydrogen (secondary N) is 3. The zero-order valence-electron chi connectivity index (χ0n) is 31.9. The molecule has 1 aliphatic carbocycles. The van der Waals surface area contributed by atoms with Gasteiger partial charge >= 0.3 is 23.9 Å². The van der Waals surface area contributed by atoms with Gasteiger partial charge in [0.15, 0.2) is 0 Å². The van der Waals surface area contributed by atoms with E-state index in [9.17, 15) is 24.0 Å². The summed E-state index contributed by atoms with van der Waals surface area (Å²) in [6.45, 7) is 17.4. The number of anilines is 1. The van der Waals surface area contributed by atoms with Crippen LogP contribution in [0.15, 0.2) is 41.3 Å². The van der Waals surface area contributed by atoms with E-state index >= 15 is 0 Å². The van der Waals surface area contributed by atoms with Crippen molar-refractivity contribution in [1.29, 1.82) is 0 Å². The first-order chi connectivity index (χ1) is 24.4. The van der Waals surface area contributed by atoms with Crippen LogP contribution in [0.1, 0.15) is 86.6 Å². The Morgan fingerprint density at radius 2 is 1.44 bits per heavy atom. The fraction of sp³-hybridized carbons (Fsp3) is 0.622. The van der Waals surface area contributed by atoms with Gasteiger partial charge in [0.2, 0.25) is 5.91 Å². The third kappa shape index (κ3) is 12.0. The number of carbonyl (C=O) groups is 4. The van der Waals surface area contributed by atoms with Gasteiger partial charge in [-0.15, -0.1) is 0 Å². The number of hydrogen-bond acceptors (Lipinski definition) is 9. The molecule has 1 atom stereocenters. The SMILES string of the molecule is CCN(Cc1ccc(-n2ccc(NC(=O)N3CCN(C(=O)[C@H](C)NC(=O)OC(C)(C)C)CC3)nc2=O)cc1)[C@H]1CC[C@H](NC(=O)OC(C)(C)C)CC1. The smallest absolute Gasteiger partial charge is 0.408 e. The van der Waals surface area contributed by atoms with Crippen LogP contribution >= 0.6 is 0 Å². The molecule has 1 aromatic carbocycles. The van der Waals surface area contributed by atoms with Crippen LogP contribution in [-0.2, 0) is 20.8 Å². The monoisotopic (exact) mass is 724 g/mol. The summed E-state index contributed by atoms with van der Waals surface area (Å²) in [5.41, 5.74) is 0.0608. The molecule has 0 unspecified atom stereocenters. The van der Waals surface area contributed by atoms with Crippen molar-refractivity contribution in [2.45, 2.75) is 117 Å². The predicted octanol–water partition coefficient (Wildman–Crippen LogP) is 4.48. The fourth-order valence-corrected chi connectivity index (χ4v) is 6.36. The molecule has 0 radical (unpaired) electrons. The van der Waals surface area contributed by atoms with E-state index in [1.165, 1.54) is 4.57 Å². The molecule has 2 aromatic rings. The molecule has 2 aliphatic rings. The Kier molecular flexibility index (Phi) is 13.3. The molecule has 2 fully saturated rings. The lowest BCUT2D eigenvalue weighted by Crippen LogP contribution is -2.56. The first kappa shape index (κ1) is 40.1. The van der Waals surface area contributed by atoms with Crippen LogP contribution in [0.4, 0.5) is 20.2 Å². The molecule has 15 nitrogen and oxygen atoms in total. The molecule has 1 aromatic heterocycles. The van der Waals surface area contributed by atoms with Crippen LogP contribution in [0, 0.1) is 0 Å². The highest BCUT2D eigenvalue weighted by Gasteiger charge is 2.30. The highest BCUT2D eigenvalue weighted by Crippen LogP contribution is 2.25. The van der Waals surface area contributed by atoms with Gasteiger partial charge in [-0.25, -0.2) is 19.2 Å². The van der Waals surface area contributed by atoms with E-state index in [0.29, 0.717) is 24.8 Å². The number of nitrogens with zero attached hydrogens (tertiary/aromatic N) is 5. The molecule has 1 saturated carbocycles. The van der Waals surface area contributed by atoms with Crippen LogP contribution in [0.5, 0.6) is 0 Å². The molecule has 5 amide bonds. The fourth-order valence-electron chi connectivity index (χ4n) is 6.36. The van der Waals surface area contributed by atoms with Crippen molar-refractivity contribution in [3.63, 3.8) is 0 Å². The second-order valence-corrected chi connectivity index (χ2v) is 15.5. The number of piperazine rings is 1. The number of hydrogen-bond donors (Lipinski definition) is 3. The Bertz CT molecular complexity index is 1600. The van der Waals surface area contributed by atoms with Crippen molar-refractivity contribution >= 4 is 29.9 Å². The quantitative estimate of drug-likeness (QED) is 0.338. The van der Waals surface area contributed by atoms with Gasteiger partial charge in [0, 0.05) is 51.0 Å². The third-order valence-corrected chi connectivity index (χ3v) is 8.96. The Hall–Kier alpha value is -4.66. The van der Waals surface area contributed by atoms with E-state index in [1.54, 1.807) is 49.8 Å². The van der Waals surface area contributed by atoms with Crippen molar-refractivity contribution in [1.82, 2.24) is 34.9 Å².